The fraction of sp³-hybridized carbons (Fsp3) is 0.143. The minimum absolute atomic E-state index is 0.124. The molecule has 0 aromatic heterocycles. The Kier molecular flexibility index (Phi) is 7.76. The molecule has 0 aliphatic heterocycles. The lowest BCUT2D eigenvalue weighted by molar-refractivity contribution is 0.660. The summed E-state index contributed by atoms with van der Waals surface area (Å²) in [5, 5.41) is 0. The Labute approximate surface area is 336 Å². The summed E-state index contributed by atoms with van der Waals surface area (Å²) in [6.45, 7) is 4.76. The lowest BCUT2D eigenvalue weighted by Crippen LogP contribution is -2.28. The third-order valence-corrected chi connectivity index (χ3v) is 13.3. The predicted octanol–water partition coefficient (Wildman–Crippen LogP) is 14.4. The number of rotatable bonds is 6. The highest BCUT2D eigenvalue weighted by molar-refractivity contribution is 5.97. The van der Waals surface area contributed by atoms with Crippen LogP contribution in [-0.4, -0.2) is 0 Å². The zero-order chi connectivity index (χ0) is 38.1. The van der Waals surface area contributed by atoms with E-state index in [0.717, 1.165) is 12.1 Å². The highest BCUT2D eigenvalue weighted by atomic mass is 15.1. The molecule has 11 rings (SSSR count). The minimum Gasteiger partial charge on any atom is -0.310 e. The van der Waals surface area contributed by atoms with E-state index in [1.807, 2.05) is 0 Å². The van der Waals surface area contributed by atoms with Crippen molar-refractivity contribution >= 4 is 17.1 Å². The van der Waals surface area contributed by atoms with Gasteiger partial charge >= 0.3 is 0 Å². The average Bonchev–Trinajstić information content (AvgIpc) is 3.69. The maximum Gasteiger partial charge on any atom is 0.0714 e. The fourth-order valence-corrected chi connectivity index (χ4v) is 10.6. The van der Waals surface area contributed by atoms with Crippen LogP contribution >= 0.6 is 0 Å². The van der Waals surface area contributed by atoms with Gasteiger partial charge in [0.2, 0.25) is 0 Å². The highest BCUT2D eigenvalue weighted by Crippen LogP contribution is 2.59. The molecule has 0 saturated heterocycles. The Morgan fingerprint density at radius 2 is 0.965 bits per heavy atom. The topological polar surface area (TPSA) is 3.24 Å². The molecule has 8 aromatic rings. The van der Waals surface area contributed by atoms with E-state index in [4.69, 9.17) is 0 Å². The van der Waals surface area contributed by atoms with Crippen molar-refractivity contribution in [3.63, 3.8) is 0 Å². The monoisotopic (exact) mass is 731 g/mol. The quantitative estimate of drug-likeness (QED) is 0.165. The van der Waals surface area contributed by atoms with E-state index in [1.54, 1.807) is 0 Å². The second-order valence-electron chi connectivity index (χ2n) is 16.7. The maximum absolute atomic E-state index is 2.56. The number of para-hydroxylation sites is 1. The molecule has 0 unspecified atom stereocenters. The van der Waals surface area contributed by atoms with Gasteiger partial charge < -0.3 is 4.90 Å². The van der Waals surface area contributed by atoms with Gasteiger partial charge in [-0.3, -0.25) is 0 Å². The van der Waals surface area contributed by atoms with Crippen molar-refractivity contribution in [3.8, 4) is 33.4 Å². The van der Waals surface area contributed by atoms with E-state index < -0.39 is 5.41 Å². The van der Waals surface area contributed by atoms with Gasteiger partial charge in [0.05, 0.1) is 11.1 Å². The first-order valence-corrected chi connectivity index (χ1v) is 20.6. The summed E-state index contributed by atoms with van der Waals surface area (Å²) >= 11 is 0. The number of fused-ring (bicyclic) bond motifs is 7. The van der Waals surface area contributed by atoms with Crippen LogP contribution in [0, 0.1) is 0 Å². The zero-order valence-corrected chi connectivity index (χ0v) is 32.7. The van der Waals surface area contributed by atoms with Crippen molar-refractivity contribution in [2.24, 2.45) is 0 Å². The number of nitrogens with zero attached hydrogens (tertiary/aromatic N) is 1. The minimum atomic E-state index is -0.512. The largest absolute Gasteiger partial charge is 0.310 e. The van der Waals surface area contributed by atoms with Crippen LogP contribution < -0.4 is 4.90 Å². The first-order chi connectivity index (χ1) is 28.0. The summed E-state index contributed by atoms with van der Waals surface area (Å²) in [7, 11) is 0. The summed E-state index contributed by atoms with van der Waals surface area (Å²) in [4.78, 5) is 2.54. The molecule has 0 radical (unpaired) electrons. The van der Waals surface area contributed by atoms with Crippen LogP contribution in [0.3, 0.4) is 0 Å². The summed E-state index contributed by atoms with van der Waals surface area (Å²) in [6.07, 6.45) is 4.83. The van der Waals surface area contributed by atoms with E-state index in [-0.39, 0.29) is 5.41 Å². The average molecular weight is 732 g/mol. The summed E-state index contributed by atoms with van der Waals surface area (Å²) in [6, 6.07) is 71.1. The third-order valence-electron chi connectivity index (χ3n) is 13.3. The van der Waals surface area contributed by atoms with Crippen LogP contribution in [0.5, 0.6) is 0 Å². The Bertz CT molecular complexity index is 2770. The third kappa shape index (κ3) is 5.08. The van der Waals surface area contributed by atoms with E-state index in [1.165, 1.54) is 109 Å². The number of benzene rings is 8. The van der Waals surface area contributed by atoms with Crippen LogP contribution in [0.15, 0.2) is 188 Å². The Morgan fingerprint density at radius 1 is 0.386 bits per heavy atom. The predicted molar refractivity (Wildman–Crippen MR) is 238 cm³/mol. The van der Waals surface area contributed by atoms with Crippen molar-refractivity contribution in [2.45, 2.75) is 50.4 Å². The Balaban J connectivity index is 1.24. The lowest BCUT2D eigenvalue weighted by atomic mass is 9.67. The van der Waals surface area contributed by atoms with Gasteiger partial charge in [0, 0.05) is 22.4 Å². The highest BCUT2D eigenvalue weighted by Gasteiger charge is 2.47. The molecule has 0 heterocycles. The first kappa shape index (κ1) is 33.9. The standard InChI is InChI=1S/C56H45N/c1-55(2)50-28-16-14-26-45(50)47-33-32-44(35-52(47)55)57(43-24-10-5-11-25-43)54-37-53-49(36-48(54)40-31-30-38-18-12-13-19-39(38)34-40)46-27-15-17-29-51(46)56(53,41-20-6-3-7-21-41)42-22-8-4-9-23-42/h3-11,14-17,20-37H,12-13,18-19H2,1-2H3. The van der Waals surface area contributed by atoms with Gasteiger partial charge in [0.1, 0.15) is 0 Å². The molecular weight excluding hydrogens is 687 g/mol. The maximum atomic E-state index is 2.56. The molecule has 0 bridgehead atoms. The Hall–Kier alpha value is -6.44. The van der Waals surface area contributed by atoms with Crippen LogP contribution in [0.2, 0.25) is 0 Å². The van der Waals surface area contributed by atoms with E-state index in [0.29, 0.717) is 0 Å². The number of hydrogen-bond acceptors (Lipinski definition) is 1. The van der Waals surface area contributed by atoms with Crippen molar-refractivity contribution in [3.05, 3.63) is 233 Å². The van der Waals surface area contributed by atoms with Gasteiger partial charge in [-0.1, -0.05) is 166 Å². The molecule has 57 heavy (non-hydrogen) atoms. The van der Waals surface area contributed by atoms with Crippen molar-refractivity contribution in [1.82, 2.24) is 0 Å². The molecule has 1 nitrogen and oxygen atoms in total. The van der Waals surface area contributed by atoms with Crippen LogP contribution in [0.4, 0.5) is 17.1 Å². The van der Waals surface area contributed by atoms with E-state index in [9.17, 15) is 0 Å². The molecule has 1 heteroatoms. The molecule has 0 spiro atoms. The second-order valence-corrected chi connectivity index (χ2v) is 16.7. The van der Waals surface area contributed by atoms with Gasteiger partial charge in [-0.05, 0) is 134 Å². The normalized spacial score (nSPS) is 15.2. The molecule has 0 amide bonds. The number of anilines is 3. The smallest absolute Gasteiger partial charge is 0.0714 e. The van der Waals surface area contributed by atoms with E-state index in [2.05, 4.69) is 207 Å². The Morgan fingerprint density at radius 3 is 1.67 bits per heavy atom. The molecule has 0 N–H and O–H groups in total. The summed E-state index contributed by atoms with van der Waals surface area (Å²) < 4.78 is 0. The number of hydrogen-bond donors (Lipinski definition) is 0. The molecule has 3 aliphatic carbocycles. The number of aryl methyl sites for hydroxylation is 2. The van der Waals surface area contributed by atoms with Crippen molar-refractivity contribution in [1.29, 1.82) is 0 Å². The van der Waals surface area contributed by atoms with Gasteiger partial charge in [-0.15, -0.1) is 0 Å². The van der Waals surface area contributed by atoms with Gasteiger partial charge in [0.25, 0.3) is 0 Å². The van der Waals surface area contributed by atoms with Crippen LogP contribution in [0.1, 0.15) is 71.2 Å². The molecule has 0 fully saturated rings. The molecule has 0 atom stereocenters. The fourth-order valence-electron chi connectivity index (χ4n) is 10.6. The van der Waals surface area contributed by atoms with Gasteiger partial charge in [-0.25, -0.2) is 0 Å². The summed E-state index contributed by atoms with van der Waals surface area (Å²) in [5.74, 6) is 0. The molecule has 8 aromatic carbocycles. The second kappa shape index (κ2) is 13.1. The summed E-state index contributed by atoms with van der Waals surface area (Å²) in [5.41, 5.74) is 21.6. The molecular formula is C56H45N. The molecule has 274 valence electrons. The zero-order valence-electron chi connectivity index (χ0n) is 32.7. The molecule has 3 aliphatic rings. The first-order valence-electron chi connectivity index (χ1n) is 20.6. The lowest BCUT2D eigenvalue weighted by Gasteiger charge is -2.36. The van der Waals surface area contributed by atoms with Gasteiger partial charge in [-0.2, -0.15) is 0 Å². The van der Waals surface area contributed by atoms with E-state index >= 15 is 0 Å². The van der Waals surface area contributed by atoms with Crippen molar-refractivity contribution < 1.29 is 0 Å². The molecule has 0 saturated carbocycles. The van der Waals surface area contributed by atoms with Crippen LogP contribution in [0.25, 0.3) is 33.4 Å². The SMILES string of the molecule is CC1(C)c2ccccc2-c2ccc(N(c3ccccc3)c3cc4c(cc3-c3ccc5c(c3)CCCC5)-c3ccccc3C4(c3ccccc3)c3ccccc3)cc21. The van der Waals surface area contributed by atoms with Crippen molar-refractivity contribution in [2.75, 3.05) is 4.90 Å². The van der Waals surface area contributed by atoms with Crippen LogP contribution in [-0.2, 0) is 23.7 Å². The van der Waals surface area contributed by atoms with Gasteiger partial charge in [0.15, 0.2) is 0 Å².